The molecule has 1 fully saturated rings. The quantitative estimate of drug-likeness (QED) is 0.851. The van der Waals surface area contributed by atoms with Gasteiger partial charge in [0.25, 0.3) is 5.91 Å². The molecule has 0 radical (unpaired) electrons. The number of amides is 1. The number of carbonyl (C=O) groups excluding carboxylic acids is 1. The number of hydrogen-bond donors (Lipinski definition) is 1. The third-order valence-corrected chi connectivity index (χ3v) is 3.93. The van der Waals surface area contributed by atoms with E-state index >= 15 is 0 Å². The van der Waals surface area contributed by atoms with Crippen LogP contribution < -0.4 is 0 Å². The predicted molar refractivity (Wildman–Crippen MR) is 74.9 cm³/mol. The molecular weight excluding hydrogens is 329 g/mol. The number of nitrogens with zero attached hydrogens (tertiary/aromatic N) is 1. The molecule has 4 heteroatoms. The lowest BCUT2D eigenvalue weighted by atomic mass is 9.91. The highest BCUT2D eigenvalue weighted by Crippen LogP contribution is 2.26. The molecule has 0 heterocycles. The van der Waals surface area contributed by atoms with Crippen molar-refractivity contribution in [2.24, 2.45) is 0 Å². The van der Waals surface area contributed by atoms with E-state index in [2.05, 4.69) is 22.6 Å². The highest BCUT2D eigenvalue weighted by Gasteiger charge is 2.28. The fourth-order valence-electron chi connectivity index (χ4n) is 2.01. The molecule has 3 nitrogen and oxygen atoms in total. The van der Waals surface area contributed by atoms with E-state index in [4.69, 9.17) is 5.11 Å². The van der Waals surface area contributed by atoms with Gasteiger partial charge in [0.15, 0.2) is 0 Å². The van der Waals surface area contributed by atoms with Gasteiger partial charge in [-0.3, -0.25) is 4.79 Å². The average Bonchev–Trinajstić information content (AvgIpc) is 2.26. The molecule has 1 saturated carbocycles. The second kappa shape index (κ2) is 5.82. The Hall–Kier alpha value is -0.620. The summed E-state index contributed by atoms with van der Waals surface area (Å²) in [5.41, 5.74) is 0.714. The van der Waals surface area contributed by atoms with E-state index in [0.29, 0.717) is 18.2 Å². The molecule has 0 spiro atoms. The lowest BCUT2D eigenvalue weighted by Gasteiger charge is -2.37. The van der Waals surface area contributed by atoms with E-state index in [1.807, 2.05) is 29.2 Å². The summed E-state index contributed by atoms with van der Waals surface area (Å²) in [5.74, 6) is 0.0418. The van der Waals surface area contributed by atoms with E-state index in [-0.39, 0.29) is 12.5 Å². The van der Waals surface area contributed by atoms with Gasteiger partial charge in [-0.05, 0) is 66.1 Å². The van der Waals surface area contributed by atoms with Gasteiger partial charge >= 0.3 is 0 Å². The fourth-order valence-corrected chi connectivity index (χ4v) is 2.37. The van der Waals surface area contributed by atoms with E-state index in [0.717, 1.165) is 16.4 Å². The van der Waals surface area contributed by atoms with Crippen LogP contribution in [0.5, 0.6) is 0 Å². The summed E-state index contributed by atoms with van der Waals surface area (Å²) in [4.78, 5) is 14.1. The Labute approximate surface area is 115 Å². The molecule has 92 valence electrons. The molecule has 1 aliphatic rings. The van der Waals surface area contributed by atoms with Gasteiger partial charge in [0, 0.05) is 21.7 Å². The van der Waals surface area contributed by atoms with Crippen LogP contribution in [0.25, 0.3) is 0 Å². The summed E-state index contributed by atoms with van der Waals surface area (Å²) in [6, 6.07) is 7.91. The Kier molecular flexibility index (Phi) is 4.39. The van der Waals surface area contributed by atoms with Crippen LogP contribution in [0.1, 0.15) is 29.6 Å². The average molecular weight is 345 g/mol. The molecule has 0 aliphatic heterocycles. The highest BCUT2D eigenvalue weighted by atomic mass is 127. The second-order valence-electron chi connectivity index (χ2n) is 4.31. The molecule has 1 N–H and O–H groups in total. The van der Waals surface area contributed by atoms with E-state index in [1.54, 1.807) is 0 Å². The van der Waals surface area contributed by atoms with Crippen molar-refractivity contribution in [3.63, 3.8) is 0 Å². The van der Waals surface area contributed by atoms with Crippen LogP contribution in [0.15, 0.2) is 24.3 Å². The van der Waals surface area contributed by atoms with Crippen molar-refractivity contribution in [1.29, 1.82) is 0 Å². The second-order valence-corrected chi connectivity index (χ2v) is 5.56. The number of aliphatic hydroxyl groups is 1. The van der Waals surface area contributed by atoms with Crippen molar-refractivity contribution in [1.82, 2.24) is 4.90 Å². The minimum absolute atomic E-state index is 0.0343. The summed E-state index contributed by atoms with van der Waals surface area (Å²) in [7, 11) is 0. The first-order chi connectivity index (χ1) is 8.22. The van der Waals surface area contributed by atoms with Gasteiger partial charge in [-0.2, -0.15) is 0 Å². The third-order valence-electron chi connectivity index (χ3n) is 3.21. The van der Waals surface area contributed by atoms with Crippen LogP contribution in [0.4, 0.5) is 0 Å². The van der Waals surface area contributed by atoms with E-state index in [9.17, 15) is 4.79 Å². The zero-order valence-corrected chi connectivity index (χ0v) is 11.8. The fraction of sp³-hybridized carbons (Fsp3) is 0.462. The Morgan fingerprint density at radius 3 is 2.47 bits per heavy atom. The Bertz CT molecular complexity index is 387. The maximum Gasteiger partial charge on any atom is 0.254 e. The molecule has 1 amide bonds. The van der Waals surface area contributed by atoms with Gasteiger partial charge in [-0.1, -0.05) is 0 Å². The molecule has 0 atom stereocenters. The molecule has 1 aromatic carbocycles. The SMILES string of the molecule is O=C(c1ccc(I)cc1)N(CCO)C1CCC1. The van der Waals surface area contributed by atoms with Gasteiger partial charge in [0.1, 0.15) is 0 Å². The van der Waals surface area contributed by atoms with Gasteiger partial charge in [0.2, 0.25) is 0 Å². The summed E-state index contributed by atoms with van der Waals surface area (Å²) < 4.78 is 1.12. The summed E-state index contributed by atoms with van der Waals surface area (Å²) in [5, 5.41) is 9.05. The number of rotatable bonds is 4. The Morgan fingerprint density at radius 2 is 2.00 bits per heavy atom. The van der Waals surface area contributed by atoms with E-state index in [1.165, 1.54) is 6.42 Å². The van der Waals surface area contributed by atoms with Crippen LogP contribution in [-0.2, 0) is 0 Å². The molecule has 17 heavy (non-hydrogen) atoms. The third kappa shape index (κ3) is 2.98. The largest absolute Gasteiger partial charge is 0.395 e. The van der Waals surface area contributed by atoms with Gasteiger partial charge < -0.3 is 10.0 Å². The number of benzene rings is 1. The van der Waals surface area contributed by atoms with Crippen molar-refractivity contribution < 1.29 is 9.90 Å². The molecule has 1 aromatic rings. The van der Waals surface area contributed by atoms with Crippen molar-refractivity contribution in [3.8, 4) is 0 Å². The van der Waals surface area contributed by atoms with Crippen LogP contribution in [0, 0.1) is 3.57 Å². The Morgan fingerprint density at radius 1 is 1.35 bits per heavy atom. The van der Waals surface area contributed by atoms with Crippen LogP contribution in [0.3, 0.4) is 0 Å². The lowest BCUT2D eigenvalue weighted by Crippen LogP contribution is -2.45. The van der Waals surface area contributed by atoms with Gasteiger partial charge in [0.05, 0.1) is 6.61 Å². The minimum atomic E-state index is 0.0343. The van der Waals surface area contributed by atoms with Crippen molar-refractivity contribution >= 4 is 28.5 Å². The maximum absolute atomic E-state index is 12.3. The monoisotopic (exact) mass is 345 g/mol. The smallest absolute Gasteiger partial charge is 0.254 e. The minimum Gasteiger partial charge on any atom is -0.395 e. The molecule has 0 aromatic heterocycles. The van der Waals surface area contributed by atoms with Crippen molar-refractivity contribution in [2.75, 3.05) is 13.2 Å². The zero-order chi connectivity index (χ0) is 12.3. The van der Waals surface area contributed by atoms with Crippen LogP contribution in [0.2, 0.25) is 0 Å². The molecule has 0 saturated heterocycles. The summed E-state index contributed by atoms with van der Waals surface area (Å²) in [6.07, 6.45) is 3.32. The van der Waals surface area contributed by atoms with Gasteiger partial charge in [-0.25, -0.2) is 0 Å². The highest BCUT2D eigenvalue weighted by molar-refractivity contribution is 14.1. The first-order valence-electron chi connectivity index (χ1n) is 5.90. The lowest BCUT2D eigenvalue weighted by molar-refractivity contribution is 0.0526. The number of aliphatic hydroxyl groups excluding tert-OH is 1. The topological polar surface area (TPSA) is 40.5 Å². The van der Waals surface area contributed by atoms with Crippen molar-refractivity contribution in [3.05, 3.63) is 33.4 Å². The van der Waals surface area contributed by atoms with Crippen molar-refractivity contribution in [2.45, 2.75) is 25.3 Å². The maximum atomic E-state index is 12.3. The van der Waals surface area contributed by atoms with E-state index < -0.39 is 0 Å². The normalized spacial score (nSPS) is 15.4. The molecule has 1 aliphatic carbocycles. The van der Waals surface area contributed by atoms with Crippen LogP contribution in [-0.4, -0.2) is 35.1 Å². The van der Waals surface area contributed by atoms with Crippen LogP contribution >= 0.6 is 22.6 Å². The first kappa shape index (κ1) is 12.8. The van der Waals surface area contributed by atoms with Gasteiger partial charge in [-0.15, -0.1) is 0 Å². The standard InChI is InChI=1S/C13H16INO2/c14-11-6-4-10(5-7-11)13(17)15(8-9-16)12-2-1-3-12/h4-7,12,16H,1-3,8-9H2. The molecule has 0 bridgehead atoms. The summed E-state index contributed by atoms with van der Waals surface area (Å²) in [6.45, 7) is 0.474. The number of halogens is 1. The zero-order valence-electron chi connectivity index (χ0n) is 9.60. The molecule has 0 unspecified atom stereocenters. The molecular formula is C13H16INO2. The summed E-state index contributed by atoms with van der Waals surface area (Å²) >= 11 is 2.22. The molecule has 2 rings (SSSR count). The predicted octanol–water partition coefficient (Wildman–Crippen LogP) is 2.28. The Balaban J connectivity index is 2.12. The number of carbonyl (C=O) groups is 1. The number of hydrogen-bond acceptors (Lipinski definition) is 2. The first-order valence-corrected chi connectivity index (χ1v) is 6.97.